The molecule has 228 valence electrons. The minimum atomic E-state index is -0.105. The molecule has 0 amide bonds. The highest BCUT2D eigenvalue weighted by atomic mass is 15.1. The van der Waals surface area contributed by atoms with E-state index in [0.717, 1.165) is 11.4 Å². The van der Waals surface area contributed by atoms with Gasteiger partial charge in [-0.2, -0.15) is 0 Å². The van der Waals surface area contributed by atoms with Crippen LogP contribution in [0.15, 0.2) is 176 Å². The topological polar surface area (TPSA) is 3.24 Å². The van der Waals surface area contributed by atoms with Gasteiger partial charge in [0.1, 0.15) is 0 Å². The van der Waals surface area contributed by atoms with Gasteiger partial charge in [-0.3, -0.25) is 0 Å². The molecule has 1 aliphatic carbocycles. The van der Waals surface area contributed by atoms with Gasteiger partial charge in [-0.25, -0.2) is 0 Å². The Labute approximate surface area is 282 Å². The maximum atomic E-state index is 2.46. The Kier molecular flexibility index (Phi) is 6.55. The van der Waals surface area contributed by atoms with Crippen LogP contribution in [-0.4, -0.2) is 0 Å². The van der Waals surface area contributed by atoms with Gasteiger partial charge in [0.05, 0.1) is 5.69 Å². The fourth-order valence-electron chi connectivity index (χ4n) is 7.87. The van der Waals surface area contributed by atoms with E-state index in [2.05, 4.69) is 195 Å². The molecule has 0 bridgehead atoms. The van der Waals surface area contributed by atoms with Crippen LogP contribution in [0.4, 0.5) is 17.1 Å². The lowest BCUT2D eigenvalue weighted by atomic mass is 9.82. The molecule has 1 aliphatic rings. The lowest BCUT2D eigenvalue weighted by Gasteiger charge is -2.29. The molecule has 0 aromatic heterocycles. The van der Waals surface area contributed by atoms with E-state index >= 15 is 0 Å². The molecule has 0 aliphatic heterocycles. The SMILES string of the molecule is CC1(C)c2ccc(N(c3ccc(-c4ccccc4)cc3)c3cc4ccccc4c4ccccc34)cc2-c2c(-c3ccccc3)cccc21. The molecule has 0 unspecified atom stereocenters. The van der Waals surface area contributed by atoms with Gasteiger partial charge in [0.25, 0.3) is 0 Å². The number of hydrogen-bond acceptors (Lipinski definition) is 1. The van der Waals surface area contributed by atoms with E-state index in [9.17, 15) is 0 Å². The molecule has 8 aromatic rings. The molecule has 0 fully saturated rings. The van der Waals surface area contributed by atoms with Crippen molar-refractivity contribution >= 4 is 38.6 Å². The number of hydrogen-bond donors (Lipinski definition) is 0. The first-order valence-electron chi connectivity index (χ1n) is 16.8. The molecule has 8 aromatic carbocycles. The molecule has 0 saturated heterocycles. The minimum Gasteiger partial charge on any atom is -0.310 e. The third kappa shape index (κ3) is 4.47. The van der Waals surface area contributed by atoms with Gasteiger partial charge in [0.2, 0.25) is 0 Å². The molecule has 0 radical (unpaired) electrons. The molecule has 1 heteroatoms. The molecular weight excluding hydrogens is 579 g/mol. The fourth-order valence-corrected chi connectivity index (χ4v) is 7.87. The van der Waals surface area contributed by atoms with Crippen molar-refractivity contribution in [3.63, 3.8) is 0 Å². The number of fused-ring (bicyclic) bond motifs is 6. The predicted molar refractivity (Wildman–Crippen MR) is 205 cm³/mol. The molecule has 1 nitrogen and oxygen atoms in total. The van der Waals surface area contributed by atoms with Crippen LogP contribution in [0.2, 0.25) is 0 Å². The second kappa shape index (κ2) is 11.1. The average molecular weight is 614 g/mol. The van der Waals surface area contributed by atoms with Crippen LogP contribution in [0.25, 0.3) is 54.9 Å². The number of nitrogens with zero attached hydrogens (tertiary/aromatic N) is 1. The van der Waals surface area contributed by atoms with Crippen LogP contribution in [0.3, 0.4) is 0 Å². The average Bonchev–Trinajstić information content (AvgIpc) is 3.38. The third-order valence-corrected chi connectivity index (χ3v) is 10.2. The summed E-state index contributed by atoms with van der Waals surface area (Å²) in [5, 5.41) is 4.99. The maximum Gasteiger partial charge on any atom is 0.0546 e. The van der Waals surface area contributed by atoms with Gasteiger partial charge in [-0.05, 0) is 91.0 Å². The minimum absolute atomic E-state index is 0.105. The van der Waals surface area contributed by atoms with E-state index < -0.39 is 0 Å². The predicted octanol–water partition coefficient (Wildman–Crippen LogP) is 13.1. The number of rotatable bonds is 5. The van der Waals surface area contributed by atoms with Crippen molar-refractivity contribution in [1.29, 1.82) is 0 Å². The highest BCUT2D eigenvalue weighted by Gasteiger charge is 2.37. The summed E-state index contributed by atoms with van der Waals surface area (Å²) in [6, 6.07) is 64.4. The molecule has 0 atom stereocenters. The van der Waals surface area contributed by atoms with Crippen molar-refractivity contribution in [3.05, 3.63) is 187 Å². The summed E-state index contributed by atoms with van der Waals surface area (Å²) in [4.78, 5) is 2.46. The Bertz CT molecular complexity index is 2460. The second-order valence-corrected chi connectivity index (χ2v) is 13.4. The maximum absolute atomic E-state index is 2.46. The van der Waals surface area contributed by atoms with E-state index in [1.54, 1.807) is 0 Å². The largest absolute Gasteiger partial charge is 0.310 e. The van der Waals surface area contributed by atoms with Crippen LogP contribution in [-0.2, 0) is 5.41 Å². The molecule has 48 heavy (non-hydrogen) atoms. The Morgan fingerprint density at radius 2 is 1.00 bits per heavy atom. The van der Waals surface area contributed by atoms with E-state index in [0.29, 0.717) is 0 Å². The normalized spacial score (nSPS) is 13.0. The summed E-state index contributed by atoms with van der Waals surface area (Å²) < 4.78 is 0. The first kappa shape index (κ1) is 28.3. The van der Waals surface area contributed by atoms with E-state index in [-0.39, 0.29) is 5.41 Å². The lowest BCUT2D eigenvalue weighted by molar-refractivity contribution is 0.660. The standard InChI is InChI=1S/C47H35N/c1-47(2)43-29-28-37(31-42(43)46-39(22-13-23-44(46)47)34-16-7-4-8-17-34)48(36-26-24-33(25-27-36)32-14-5-3-6-15-32)45-30-35-18-9-10-19-38(35)40-20-11-12-21-41(40)45/h3-31H,1-2H3. The summed E-state index contributed by atoms with van der Waals surface area (Å²) >= 11 is 0. The summed E-state index contributed by atoms with van der Waals surface area (Å²) in [5.74, 6) is 0. The van der Waals surface area contributed by atoms with E-state index in [1.165, 1.54) is 71.7 Å². The van der Waals surface area contributed by atoms with Crippen molar-refractivity contribution in [1.82, 2.24) is 0 Å². The zero-order valence-corrected chi connectivity index (χ0v) is 27.2. The van der Waals surface area contributed by atoms with Crippen LogP contribution < -0.4 is 4.90 Å². The van der Waals surface area contributed by atoms with Crippen molar-refractivity contribution < 1.29 is 0 Å². The van der Waals surface area contributed by atoms with Crippen LogP contribution >= 0.6 is 0 Å². The Morgan fingerprint density at radius 1 is 0.396 bits per heavy atom. The molecule has 0 heterocycles. The number of benzene rings is 8. The lowest BCUT2D eigenvalue weighted by Crippen LogP contribution is -2.15. The zero-order valence-electron chi connectivity index (χ0n) is 27.2. The quantitative estimate of drug-likeness (QED) is 0.175. The van der Waals surface area contributed by atoms with E-state index in [4.69, 9.17) is 0 Å². The van der Waals surface area contributed by atoms with Gasteiger partial charge in [-0.15, -0.1) is 0 Å². The van der Waals surface area contributed by atoms with Crippen molar-refractivity contribution in [2.24, 2.45) is 0 Å². The molecule has 0 N–H and O–H groups in total. The molecule has 0 saturated carbocycles. The Balaban J connectivity index is 1.30. The van der Waals surface area contributed by atoms with Crippen molar-refractivity contribution in [2.45, 2.75) is 19.3 Å². The summed E-state index contributed by atoms with van der Waals surface area (Å²) in [7, 11) is 0. The number of anilines is 3. The van der Waals surface area contributed by atoms with Gasteiger partial charge < -0.3 is 4.90 Å². The van der Waals surface area contributed by atoms with Gasteiger partial charge in [0.15, 0.2) is 0 Å². The highest BCUT2D eigenvalue weighted by molar-refractivity contribution is 6.14. The monoisotopic (exact) mass is 613 g/mol. The third-order valence-electron chi connectivity index (χ3n) is 10.2. The van der Waals surface area contributed by atoms with E-state index in [1.807, 2.05) is 0 Å². The highest BCUT2D eigenvalue weighted by Crippen LogP contribution is 2.54. The zero-order chi connectivity index (χ0) is 32.2. The van der Waals surface area contributed by atoms with Gasteiger partial charge >= 0.3 is 0 Å². The summed E-state index contributed by atoms with van der Waals surface area (Å²) in [5.41, 5.74) is 13.7. The Morgan fingerprint density at radius 3 is 1.75 bits per heavy atom. The van der Waals surface area contributed by atoms with Gasteiger partial charge in [0, 0.05) is 22.2 Å². The Hall–Kier alpha value is -5.92. The van der Waals surface area contributed by atoms with Crippen LogP contribution in [0.5, 0.6) is 0 Å². The summed E-state index contributed by atoms with van der Waals surface area (Å²) in [6.45, 7) is 4.73. The smallest absolute Gasteiger partial charge is 0.0546 e. The van der Waals surface area contributed by atoms with Gasteiger partial charge in [-0.1, -0.05) is 159 Å². The second-order valence-electron chi connectivity index (χ2n) is 13.4. The van der Waals surface area contributed by atoms with Crippen LogP contribution in [0, 0.1) is 0 Å². The summed E-state index contributed by atoms with van der Waals surface area (Å²) in [6.07, 6.45) is 0. The van der Waals surface area contributed by atoms with Crippen LogP contribution in [0.1, 0.15) is 25.0 Å². The molecule has 0 spiro atoms. The fraction of sp³-hybridized carbons (Fsp3) is 0.0638. The van der Waals surface area contributed by atoms with Crippen molar-refractivity contribution in [3.8, 4) is 33.4 Å². The molecular formula is C47H35N. The van der Waals surface area contributed by atoms with Crippen molar-refractivity contribution in [2.75, 3.05) is 4.90 Å². The first-order chi connectivity index (χ1) is 23.6. The first-order valence-corrected chi connectivity index (χ1v) is 16.8. The molecule has 9 rings (SSSR count).